The number of nitrogens with one attached hydrogen (secondary N) is 2. The molecule has 1 heterocycles. The first-order valence-corrected chi connectivity index (χ1v) is 8.38. The van der Waals surface area contributed by atoms with E-state index < -0.39 is 0 Å². The summed E-state index contributed by atoms with van der Waals surface area (Å²) in [5.41, 5.74) is 2.71. The number of nitrogens with zero attached hydrogens (tertiary/aromatic N) is 2. The molecule has 3 aromatic rings. The van der Waals surface area contributed by atoms with Crippen molar-refractivity contribution in [2.75, 3.05) is 23.3 Å². The van der Waals surface area contributed by atoms with Crippen molar-refractivity contribution in [2.45, 2.75) is 20.3 Å². The average molecular weight is 340 g/mol. The summed E-state index contributed by atoms with van der Waals surface area (Å²) >= 11 is 0. The number of anilines is 2. The number of amides is 1. The van der Waals surface area contributed by atoms with Crippen LogP contribution in [0.1, 0.15) is 19.4 Å². The number of hydrogen-bond acceptors (Lipinski definition) is 3. The number of H-pyrrole nitrogens is 1. The standard InChI is InChI=1S/C19H21FN4O/c1-3-24(4-2)15-9-10-17-16(12-15)19(23-22-17)21-18(25)11-13-5-7-14(20)8-6-13/h5-10,12H,3-4,11H2,1-2H3,(H2,21,22,23,25). The van der Waals surface area contributed by atoms with E-state index in [2.05, 4.69) is 34.3 Å². The van der Waals surface area contributed by atoms with Gasteiger partial charge in [0.1, 0.15) is 5.82 Å². The fourth-order valence-electron chi connectivity index (χ4n) is 2.85. The second-order valence-electron chi connectivity index (χ2n) is 5.83. The number of benzene rings is 2. The first kappa shape index (κ1) is 17.0. The monoisotopic (exact) mass is 340 g/mol. The van der Waals surface area contributed by atoms with Gasteiger partial charge in [-0.15, -0.1) is 0 Å². The van der Waals surface area contributed by atoms with Crippen LogP contribution in [0.3, 0.4) is 0 Å². The first-order valence-electron chi connectivity index (χ1n) is 8.38. The van der Waals surface area contributed by atoms with Gasteiger partial charge in [-0.25, -0.2) is 4.39 Å². The molecule has 0 unspecified atom stereocenters. The molecule has 6 heteroatoms. The summed E-state index contributed by atoms with van der Waals surface area (Å²) in [5, 5.41) is 10.9. The van der Waals surface area contributed by atoms with E-state index in [0.29, 0.717) is 5.82 Å². The smallest absolute Gasteiger partial charge is 0.230 e. The zero-order valence-corrected chi connectivity index (χ0v) is 14.3. The Bertz CT molecular complexity index is 869. The highest BCUT2D eigenvalue weighted by atomic mass is 19.1. The summed E-state index contributed by atoms with van der Waals surface area (Å²) in [7, 11) is 0. The molecule has 0 bridgehead atoms. The molecule has 0 fully saturated rings. The lowest BCUT2D eigenvalue weighted by Crippen LogP contribution is -2.21. The minimum absolute atomic E-state index is 0.171. The van der Waals surface area contributed by atoms with E-state index in [0.717, 1.165) is 35.2 Å². The zero-order valence-electron chi connectivity index (χ0n) is 14.3. The molecule has 1 amide bonds. The first-order chi connectivity index (χ1) is 12.1. The maximum absolute atomic E-state index is 12.9. The van der Waals surface area contributed by atoms with E-state index in [-0.39, 0.29) is 18.1 Å². The Balaban J connectivity index is 1.79. The van der Waals surface area contributed by atoms with Crippen molar-refractivity contribution in [3.63, 3.8) is 0 Å². The predicted octanol–water partition coefficient (Wildman–Crippen LogP) is 3.73. The van der Waals surface area contributed by atoms with E-state index >= 15 is 0 Å². The predicted molar refractivity (Wildman–Crippen MR) is 98.4 cm³/mol. The Kier molecular flexibility index (Phi) is 4.97. The third kappa shape index (κ3) is 3.79. The Morgan fingerprint density at radius 1 is 1.16 bits per heavy atom. The molecule has 0 radical (unpaired) electrons. The molecule has 2 aromatic carbocycles. The highest BCUT2D eigenvalue weighted by molar-refractivity contribution is 6.01. The molecule has 2 N–H and O–H groups in total. The molecule has 0 saturated carbocycles. The maximum atomic E-state index is 12.9. The lowest BCUT2D eigenvalue weighted by Gasteiger charge is -2.20. The van der Waals surface area contributed by atoms with Crippen molar-refractivity contribution in [1.29, 1.82) is 0 Å². The van der Waals surface area contributed by atoms with Gasteiger partial charge in [-0.1, -0.05) is 12.1 Å². The Hall–Kier alpha value is -2.89. The number of carbonyl (C=O) groups is 1. The van der Waals surface area contributed by atoms with E-state index in [9.17, 15) is 9.18 Å². The highest BCUT2D eigenvalue weighted by Gasteiger charge is 2.12. The zero-order chi connectivity index (χ0) is 17.8. The second-order valence-corrected chi connectivity index (χ2v) is 5.83. The van der Waals surface area contributed by atoms with Gasteiger partial charge in [-0.2, -0.15) is 5.10 Å². The molecule has 3 rings (SSSR count). The number of carbonyl (C=O) groups excluding carboxylic acids is 1. The number of fused-ring (bicyclic) bond motifs is 1. The number of halogens is 1. The molecule has 0 aliphatic rings. The molecule has 0 spiro atoms. The fourth-order valence-corrected chi connectivity index (χ4v) is 2.85. The summed E-state index contributed by atoms with van der Waals surface area (Å²) in [4.78, 5) is 14.5. The van der Waals surface area contributed by atoms with Gasteiger partial charge in [0.2, 0.25) is 5.91 Å². The Labute approximate surface area is 145 Å². The molecule has 0 aliphatic heterocycles. The van der Waals surface area contributed by atoms with Gasteiger partial charge in [-0.3, -0.25) is 9.89 Å². The van der Waals surface area contributed by atoms with Crippen LogP contribution in [0.15, 0.2) is 42.5 Å². The molecule has 130 valence electrons. The van der Waals surface area contributed by atoms with Crippen LogP contribution in [0, 0.1) is 5.82 Å². The molecule has 5 nitrogen and oxygen atoms in total. The minimum Gasteiger partial charge on any atom is -0.372 e. The molecular weight excluding hydrogens is 319 g/mol. The van der Waals surface area contributed by atoms with Gasteiger partial charge in [-0.05, 0) is 49.7 Å². The molecule has 25 heavy (non-hydrogen) atoms. The van der Waals surface area contributed by atoms with Gasteiger partial charge in [0.15, 0.2) is 5.82 Å². The normalized spacial score (nSPS) is 10.8. The van der Waals surface area contributed by atoms with Crippen molar-refractivity contribution in [3.8, 4) is 0 Å². The molecule has 0 aliphatic carbocycles. The van der Waals surface area contributed by atoms with Gasteiger partial charge in [0, 0.05) is 24.2 Å². The number of hydrogen-bond donors (Lipinski definition) is 2. The Morgan fingerprint density at radius 2 is 1.88 bits per heavy atom. The van der Waals surface area contributed by atoms with Crippen molar-refractivity contribution in [1.82, 2.24) is 10.2 Å². The van der Waals surface area contributed by atoms with Crippen molar-refractivity contribution >= 4 is 28.3 Å². The SMILES string of the molecule is CCN(CC)c1ccc2[nH]nc(NC(=O)Cc3ccc(F)cc3)c2c1. The lowest BCUT2D eigenvalue weighted by atomic mass is 10.1. The summed E-state index contributed by atoms with van der Waals surface area (Å²) in [6.07, 6.45) is 0.171. The molecule has 0 atom stereocenters. The van der Waals surface area contributed by atoms with Crippen molar-refractivity contribution < 1.29 is 9.18 Å². The van der Waals surface area contributed by atoms with Crippen LogP contribution in [-0.4, -0.2) is 29.2 Å². The van der Waals surface area contributed by atoms with Crippen LogP contribution < -0.4 is 10.2 Å². The largest absolute Gasteiger partial charge is 0.372 e. The minimum atomic E-state index is -0.314. The van der Waals surface area contributed by atoms with Crippen molar-refractivity contribution in [2.24, 2.45) is 0 Å². The third-order valence-electron chi connectivity index (χ3n) is 4.21. The van der Waals surface area contributed by atoms with Gasteiger partial charge >= 0.3 is 0 Å². The van der Waals surface area contributed by atoms with Crippen LogP contribution in [0.2, 0.25) is 0 Å². The number of aromatic amines is 1. The summed E-state index contributed by atoms with van der Waals surface area (Å²) < 4.78 is 12.9. The van der Waals surface area contributed by atoms with Crippen LogP contribution in [0.25, 0.3) is 10.9 Å². The van der Waals surface area contributed by atoms with Crippen molar-refractivity contribution in [3.05, 3.63) is 53.8 Å². The van der Waals surface area contributed by atoms with E-state index in [1.165, 1.54) is 12.1 Å². The topological polar surface area (TPSA) is 61.0 Å². The highest BCUT2D eigenvalue weighted by Crippen LogP contribution is 2.26. The lowest BCUT2D eigenvalue weighted by molar-refractivity contribution is -0.115. The second kappa shape index (κ2) is 7.34. The van der Waals surface area contributed by atoms with Crippen LogP contribution in [-0.2, 0) is 11.2 Å². The average Bonchev–Trinajstić information content (AvgIpc) is 3.00. The summed E-state index contributed by atoms with van der Waals surface area (Å²) in [5.74, 6) is 0.00996. The molecule has 1 aromatic heterocycles. The molecular formula is C19H21FN4O. The van der Waals surface area contributed by atoms with Crippen LogP contribution in [0.5, 0.6) is 0 Å². The quantitative estimate of drug-likeness (QED) is 0.719. The molecule has 0 saturated heterocycles. The number of aromatic nitrogens is 2. The maximum Gasteiger partial charge on any atom is 0.230 e. The van der Waals surface area contributed by atoms with E-state index in [1.807, 2.05) is 18.2 Å². The van der Waals surface area contributed by atoms with E-state index in [4.69, 9.17) is 0 Å². The fraction of sp³-hybridized carbons (Fsp3) is 0.263. The summed E-state index contributed by atoms with van der Waals surface area (Å²) in [6, 6.07) is 11.9. The van der Waals surface area contributed by atoms with Gasteiger partial charge < -0.3 is 10.2 Å². The van der Waals surface area contributed by atoms with Crippen LogP contribution in [0.4, 0.5) is 15.9 Å². The summed E-state index contributed by atoms with van der Waals surface area (Å²) in [6.45, 7) is 6.03. The van der Waals surface area contributed by atoms with Crippen LogP contribution >= 0.6 is 0 Å². The van der Waals surface area contributed by atoms with Gasteiger partial charge in [0.05, 0.1) is 11.9 Å². The third-order valence-corrected chi connectivity index (χ3v) is 4.21. The Morgan fingerprint density at radius 3 is 2.56 bits per heavy atom. The van der Waals surface area contributed by atoms with E-state index in [1.54, 1.807) is 12.1 Å². The van der Waals surface area contributed by atoms with Gasteiger partial charge in [0.25, 0.3) is 0 Å². The number of rotatable bonds is 6.